The summed E-state index contributed by atoms with van der Waals surface area (Å²) in [4.78, 5) is 2.54. The molecule has 0 aromatic rings. The highest BCUT2D eigenvalue weighted by atomic mass is 15.1. The number of piperidine rings is 1. The summed E-state index contributed by atoms with van der Waals surface area (Å²) < 4.78 is 0. The van der Waals surface area contributed by atoms with Gasteiger partial charge in [0, 0.05) is 6.54 Å². The number of nitrogens with zero attached hydrogens (tertiary/aromatic N) is 1. The van der Waals surface area contributed by atoms with Crippen molar-refractivity contribution in [3.05, 3.63) is 0 Å². The van der Waals surface area contributed by atoms with E-state index in [-0.39, 0.29) is 0 Å². The average molecular weight is 195 g/mol. The third-order valence-corrected chi connectivity index (χ3v) is 4.63. The molecular formula is C13H25N. The minimum Gasteiger partial charge on any atom is -0.306 e. The Bertz CT molecular complexity index is 186. The van der Waals surface area contributed by atoms with E-state index in [9.17, 15) is 0 Å². The molecule has 1 saturated carbocycles. The molecule has 0 N–H and O–H groups in total. The summed E-state index contributed by atoms with van der Waals surface area (Å²) in [6.45, 7) is 5.24. The molecule has 1 heterocycles. The second-order valence-electron chi connectivity index (χ2n) is 5.82. The predicted molar refractivity (Wildman–Crippen MR) is 61.4 cm³/mol. The largest absolute Gasteiger partial charge is 0.306 e. The van der Waals surface area contributed by atoms with Gasteiger partial charge in [0.2, 0.25) is 0 Å². The SMILES string of the molecule is CN1CCC2(C)CCCCCCC2C1. The van der Waals surface area contributed by atoms with Crippen molar-refractivity contribution in [3.8, 4) is 0 Å². The highest BCUT2D eigenvalue weighted by molar-refractivity contribution is 4.89. The zero-order chi connectivity index (χ0) is 10.0. The summed E-state index contributed by atoms with van der Waals surface area (Å²) in [5, 5.41) is 0. The van der Waals surface area contributed by atoms with Gasteiger partial charge in [0.15, 0.2) is 0 Å². The van der Waals surface area contributed by atoms with E-state index in [0.717, 1.165) is 5.92 Å². The Kier molecular flexibility index (Phi) is 3.16. The van der Waals surface area contributed by atoms with Gasteiger partial charge in [-0.05, 0) is 44.2 Å². The van der Waals surface area contributed by atoms with E-state index >= 15 is 0 Å². The summed E-state index contributed by atoms with van der Waals surface area (Å²) in [5.74, 6) is 0.988. The molecule has 2 fully saturated rings. The fourth-order valence-electron chi connectivity index (χ4n) is 3.38. The normalized spacial score (nSPS) is 41.1. The molecule has 1 nitrogen and oxygen atoms in total. The van der Waals surface area contributed by atoms with Gasteiger partial charge in [-0.15, -0.1) is 0 Å². The van der Waals surface area contributed by atoms with Gasteiger partial charge in [-0.25, -0.2) is 0 Å². The maximum Gasteiger partial charge on any atom is 0.00118 e. The monoisotopic (exact) mass is 195 g/mol. The van der Waals surface area contributed by atoms with Gasteiger partial charge < -0.3 is 4.90 Å². The van der Waals surface area contributed by atoms with Gasteiger partial charge >= 0.3 is 0 Å². The van der Waals surface area contributed by atoms with Crippen molar-refractivity contribution < 1.29 is 0 Å². The Morgan fingerprint density at radius 3 is 2.71 bits per heavy atom. The predicted octanol–water partition coefficient (Wildman–Crippen LogP) is 3.30. The molecule has 1 heteroatoms. The Balaban J connectivity index is 2.04. The van der Waals surface area contributed by atoms with Crippen LogP contribution < -0.4 is 0 Å². The van der Waals surface area contributed by atoms with Crippen LogP contribution in [0.5, 0.6) is 0 Å². The van der Waals surface area contributed by atoms with Crippen LogP contribution in [0.4, 0.5) is 0 Å². The van der Waals surface area contributed by atoms with Gasteiger partial charge in [-0.3, -0.25) is 0 Å². The molecule has 1 aliphatic carbocycles. The number of fused-ring (bicyclic) bond motifs is 1. The summed E-state index contributed by atoms with van der Waals surface area (Å²) >= 11 is 0. The van der Waals surface area contributed by atoms with E-state index in [1.54, 1.807) is 0 Å². The van der Waals surface area contributed by atoms with Crippen LogP contribution in [-0.4, -0.2) is 25.0 Å². The first-order valence-corrected chi connectivity index (χ1v) is 6.39. The third-order valence-electron chi connectivity index (χ3n) is 4.63. The van der Waals surface area contributed by atoms with Crippen molar-refractivity contribution in [2.75, 3.05) is 20.1 Å². The van der Waals surface area contributed by atoms with E-state index < -0.39 is 0 Å². The van der Waals surface area contributed by atoms with Gasteiger partial charge in [-0.1, -0.05) is 32.6 Å². The lowest BCUT2D eigenvalue weighted by molar-refractivity contribution is 0.0380. The van der Waals surface area contributed by atoms with Crippen molar-refractivity contribution in [1.82, 2.24) is 4.90 Å². The summed E-state index contributed by atoms with van der Waals surface area (Å²) in [6, 6.07) is 0. The van der Waals surface area contributed by atoms with Crippen LogP contribution in [0.25, 0.3) is 0 Å². The number of hydrogen-bond acceptors (Lipinski definition) is 1. The smallest absolute Gasteiger partial charge is 0.00118 e. The van der Waals surface area contributed by atoms with E-state index in [0.29, 0.717) is 5.41 Å². The number of likely N-dealkylation sites (tertiary alicyclic amines) is 1. The standard InChI is InChI=1S/C13H25N/c1-13-8-6-4-3-5-7-12(13)11-14(2)10-9-13/h12H,3-11H2,1-2H3. The molecule has 0 amide bonds. The molecule has 0 radical (unpaired) electrons. The second-order valence-corrected chi connectivity index (χ2v) is 5.82. The van der Waals surface area contributed by atoms with Crippen LogP contribution >= 0.6 is 0 Å². The van der Waals surface area contributed by atoms with Gasteiger partial charge in [0.05, 0.1) is 0 Å². The Morgan fingerprint density at radius 2 is 1.86 bits per heavy atom. The molecule has 0 bridgehead atoms. The van der Waals surface area contributed by atoms with E-state index in [2.05, 4.69) is 18.9 Å². The minimum absolute atomic E-state index is 0.687. The highest BCUT2D eigenvalue weighted by Gasteiger charge is 2.37. The maximum atomic E-state index is 2.55. The Labute approximate surface area is 88.9 Å². The third kappa shape index (κ3) is 2.13. The zero-order valence-corrected chi connectivity index (χ0v) is 9.89. The Morgan fingerprint density at radius 1 is 1.07 bits per heavy atom. The van der Waals surface area contributed by atoms with Crippen molar-refractivity contribution in [1.29, 1.82) is 0 Å². The maximum absolute atomic E-state index is 2.55. The second kappa shape index (κ2) is 4.22. The number of hydrogen-bond donors (Lipinski definition) is 0. The summed E-state index contributed by atoms with van der Waals surface area (Å²) in [5.41, 5.74) is 0.687. The molecule has 2 rings (SSSR count). The van der Waals surface area contributed by atoms with Crippen molar-refractivity contribution >= 4 is 0 Å². The van der Waals surface area contributed by atoms with Gasteiger partial charge in [0.25, 0.3) is 0 Å². The first-order chi connectivity index (χ1) is 6.71. The molecule has 0 aromatic heterocycles. The van der Waals surface area contributed by atoms with E-state index in [1.807, 2.05) is 0 Å². The first-order valence-electron chi connectivity index (χ1n) is 6.39. The van der Waals surface area contributed by atoms with Gasteiger partial charge in [-0.2, -0.15) is 0 Å². The zero-order valence-electron chi connectivity index (χ0n) is 9.89. The minimum atomic E-state index is 0.687. The molecule has 2 atom stereocenters. The molecule has 2 unspecified atom stereocenters. The van der Waals surface area contributed by atoms with Gasteiger partial charge in [0.1, 0.15) is 0 Å². The molecular weight excluding hydrogens is 170 g/mol. The average Bonchev–Trinajstić information content (AvgIpc) is 2.14. The van der Waals surface area contributed by atoms with Crippen molar-refractivity contribution in [3.63, 3.8) is 0 Å². The van der Waals surface area contributed by atoms with E-state index in [1.165, 1.54) is 58.0 Å². The van der Waals surface area contributed by atoms with Crippen LogP contribution in [-0.2, 0) is 0 Å². The lowest BCUT2D eigenvalue weighted by atomic mass is 9.66. The molecule has 14 heavy (non-hydrogen) atoms. The highest BCUT2D eigenvalue weighted by Crippen LogP contribution is 2.44. The van der Waals surface area contributed by atoms with Crippen LogP contribution in [0.2, 0.25) is 0 Å². The summed E-state index contributed by atoms with van der Waals surface area (Å²) in [6.07, 6.45) is 10.3. The molecule has 1 aliphatic heterocycles. The molecule has 0 aromatic carbocycles. The fraction of sp³-hybridized carbons (Fsp3) is 1.00. The molecule has 2 aliphatic rings. The topological polar surface area (TPSA) is 3.24 Å². The van der Waals surface area contributed by atoms with Crippen LogP contribution in [0.1, 0.15) is 51.9 Å². The first kappa shape index (κ1) is 10.5. The van der Waals surface area contributed by atoms with Crippen molar-refractivity contribution in [2.45, 2.75) is 51.9 Å². The molecule has 0 spiro atoms. The lowest BCUT2D eigenvalue weighted by Crippen LogP contribution is -2.44. The van der Waals surface area contributed by atoms with Crippen LogP contribution in [0.15, 0.2) is 0 Å². The molecule has 1 saturated heterocycles. The quantitative estimate of drug-likeness (QED) is 0.573. The van der Waals surface area contributed by atoms with Crippen molar-refractivity contribution in [2.24, 2.45) is 11.3 Å². The Hall–Kier alpha value is -0.0400. The lowest BCUT2D eigenvalue weighted by Gasteiger charge is -2.46. The fourth-order valence-corrected chi connectivity index (χ4v) is 3.38. The van der Waals surface area contributed by atoms with E-state index in [4.69, 9.17) is 0 Å². The number of rotatable bonds is 0. The van der Waals surface area contributed by atoms with Crippen LogP contribution in [0, 0.1) is 11.3 Å². The molecule has 82 valence electrons. The van der Waals surface area contributed by atoms with Crippen LogP contribution in [0.3, 0.4) is 0 Å². The summed E-state index contributed by atoms with van der Waals surface area (Å²) in [7, 11) is 2.29.